The maximum Gasteiger partial charge on any atom is 0.396 e. The van der Waals surface area contributed by atoms with Crippen molar-refractivity contribution in [2.75, 3.05) is 5.73 Å². The normalized spacial score (nSPS) is 11.2. The summed E-state index contributed by atoms with van der Waals surface area (Å²) in [5.74, 6) is -0.136. The molecule has 3 aromatic heterocycles. The number of rotatable bonds is 4. The van der Waals surface area contributed by atoms with Gasteiger partial charge in [-0.15, -0.1) is 0 Å². The van der Waals surface area contributed by atoms with Gasteiger partial charge in [0.25, 0.3) is 0 Å². The molecule has 0 atom stereocenters. The number of nitrogen functional groups attached to an aromatic ring is 1. The quantitative estimate of drug-likeness (QED) is 0.431. The van der Waals surface area contributed by atoms with Gasteiger partial charge < -0.3 is 25.0 Å². The maximum absolute atomic E-state index is 11.0. The number of imidazole rings is 2. The van der Waals surface area contributed by atoms with Crippen molar-refractivity contribution in [3.05, 3.63) is 22.8 Å². The van der Waals surface area contributed by atoms with Gasteiger partial charge in [-0.3, -0.25) is 0 Å². The van der Waals surface area contributed by atoms with Gasteiger partial charge in [0.1, 0.15) is 10.5 Å². The Labute approximate surface area is 128 Å². The van der Waals surface area contributed by atoms with Gasteiger partial charge in [-0.25, -0.2) is 9.97 Å². The van der Waals surface area contributed by atoms with Crippen molar-refractivity contribution in [2.45, 2.75) is 23.5 Å². The predicted octanol–water partition coefficient (Wildman–Crippen LogP) is 1.22. The summed E-state index contributed by atoms with van der Waals surface area (Å²) in [5, 5.41) is 11.9. The first kappa shape index (κ1) is 14.3. The fourth-order valence-electron chi connectivity index (χ4n) is 1.98. The summed E-state index contributed by atoms with van der Waals surface area (Å²) in [7, 11) is 1.68. The fourth-order valence-corrected chi connectivity index (χ4v) is 2.95. The van der Waals surface area contributed by atoms with E-state index >= 15 is 0 Å². The Kier molecular flexibility index (Phi) is 3.41. The number of hydrogen-bond donors (Lipinski definition) is 1. The van der Waals surface area contributed by atoms with Crippen molar-refractivity contribution < 1.29 is 4.92 Å². The Bertz CT molecular complexity index is 870. The summed E-state index contributed by atoms with van der Waals surface area (Å²) in [6, 6.07) is 0. The van der Waals surface area contributed by atoms with Crippen molar-refractivity contribution in [1.82, 2.24) is 29.1 Å². The van der Waals surface area contributed by atoms with Crippen LogP contribution >= 0.6 is 11.8 Å². The van der Waals surface area contributed by atoms with E-state index < -0.39 is 4.92 Å². The van der Waals surface area contributed by atoms with Crippen LogP contribution in [0.3, 0.4) is 0 Å². The summed E-state index contributed by atoms with van der Waals surface area (Å²) >= 11 is 1.10. The second kappa shape index (κ2) is 5.26. The third-order valence-corrected chi connectivity index (χ3v) is 4.16. The van der Waals surface area contributed by atoms with E-state index in [-0.39, 0.29) is 11.8 Å². The van der Waals surface area contributed by atoms with Gasteiger partial charge in [0.15, 0.2) is 10.7 Å². The Morgan fingerprint density at radius 1 is 1.36 bits per heavy atom. The first-order valence-electron chi connectivity index (χ1n) is 6.33. The van der Waals surface area contributed by atoms with Gasteiger partial charge in [-0.1, -0.05) is 0 Å². The molecule has 0 aliphatic rings. The zero-order chi connectivity index (χ0) is 15.9. The van der Waals surface area contributed by atoms with Gasteiger partial charge in [-0.2, -0.15) is 4.98 Å². The molecule has 2 N–H and O–H groups in total. The van der Waals surface area contributed by atoms with Crippen LogP contribution in [-0.4, -0.2) is 34.0 Å². The zero-order valence-electron chi connectivity index (χ0n) is 11.8. The number of nitrogens with zero attached hydrogens (tertiary/aromatic N) is 7. The molecule has 11 heteroatoms. The molecule has 0 aliphatic heterocycles. The van der Waals surface area contributed by atoms with E-state index in [0.717, 1.165) is 11.8 Å². The standard InChI is InChI=1S/C11H12N8O2S/c1-3-18-5-13-6-7(18)15-11(12)16-9(6)22-10-8(19(20)21)14-4-17(10)2/h4-5H,3H2,1-2H3,(H2,12,15,16). The second-order valence-corrected chi connectivity index (χ2v) is 5.41. The van der Waals surface area contributed by atoms with Gasteiger partial charge >= 0.3 is 5.82 Å². The number of nitro groups is 1. The van der Waals surface area contributed by atoms with Crippen molar-refractivity contribution in [3.63, 3.8) is 0 Å². The second-order valence-electron chi connectivity index (χ2n) is 4.43. The molecule has 3 heterocycles. The van der Waals surface area contributed by atoms with Crippen LogP contribution in [0.4, 0.5) is 11.8 Å². The molecule has 0 aliphatic carbocycles. The third-order valence-electron chi connectivity index (χ3n) is 3.02. The van der Waals surface area contributed by atoms with Crippen LogP contribution in [0.2, 0.25) is 0 Å². The number of aryl methyl sites for hydroxylation is 2. The largest absolute Gasteiger partial charge is 0.396 e. The first-order valence-corrected chi connectivity index (χ1v) is 7.14. The maximum atomic E-state index is 11.0. The van der Waals surface area contributed by atoms with E-state index in [1.807, 2.05) is 11.5 Å². The molecule has 0 saturated carbocycles. The van der Waals surface area contributed by atoms with Crippen LogP contribution in [0.25, 0.3) is 11.2 Å². The number of fused-ring (bicyclic) bond motifs is 1. The minimum Gasteiger partial charge on any atom is -0.368 e. The lowest BCUT2D eigenvalue weighted by molar-refractivity contribution is -0.392. The SMILES string of the molecule is CCn1cnc2c(Sc3c([N+](=O)[O-])ncn3C)nc(N)nc21. The minimum atomic E-state index is -0.533. The number of nitrogens with two attached hydrogens (primary N) is 1. The van der Waals surface area contributed by atoms with Gasteiger partial charge in [0.2, 0.25) is 12.3 Å². The topological polar surface area (TPSA) is 131 Å². The molecule has 0 aromatic carbocycles. The average molecular weight is 320 g/mol. The van der Waals surface area contributed by atoms with E-state index in [2.05, 4.69) is 19.9 Å². The van der Waals surface area contributed by atoms with Gasteiger partial charge in [-0.05, 0) is 28.6 Å². The van der Waals surface area contributed by atoms with Crippen molar-refractivity contribution in [3.8, 4) is 0 Å². The number of aromatic nitrogens is 6. The van der Waals surface area contributed by atoms with Crippen LogP contribution in [0.1, 0.15) is 6.92 Å². The molecular weight excluding hydrogens is 308 g/mol. The molecule has 0 amide bonds. The number of anilines is 1. The molecule has 114 valence electrons. The van der Waals surface area contributed by atoms with Crippen LogP contribution < -0.4 is 5.73 Å². The van der Waals surface area contributed by atoms with E-state index in [0.29, 0.717) is 27.8 Å². The van der Waals surface area contributed by atoms with Crippen molar-refractivity contribution >= 4 is 34.7 Å². The highest BCUT2D eigenvalue weighted by Gasteiger charge is 2.24. The summed E-state index contributed by atoms with van der Waals surface area (Å²) in [5.41, 5.74) is 6.89. The Hall–Kier alpha value is -2.69. The molecule has 0 fully saturated rings. The summed E-state index contributed by atoms with van der Waals surface area (Å²) in [6.45, 7) is 2.64. The van der Waals surface area contributed by atoms with Crippen LogP contribution in [0.15, 0.2) is 22.7 Å². The van der Waals surface area contributed by atoms with E-state index in [1.54, 1.807) is 17.9 Å². The van der Waals surface area contributed by atoms with Crippen LogP contribution in [0, 0.1) is 10.1 Å². The molecule has 0 radical (unpaired) electrons. The van der Waals surface area contributed by atoms with E-state index in [4.69, 9.17) is 5.73 Å². The van der Waals surface area contributed by atoms with Crippen molar-refractivity contribution in [1.29, 1.82) is 0 Å². The number of hydrogen-bond acceptors (Lipinski definition) is 8. The molecule has 0 spiro atoms. The molecule has 3 rings (SSSR count). The highest BCUT2D eigenvalue weighted by atomic mass is 32.2. The highest BCUT2D eigenvalue weighted by molar-refractivity contribution is 7.99. The smallest absolute Gasteiger partial charge is 0.368 e. The van der Waals surface area contributed by atoms with Crippen LogP contribution in [-0.2, 0) is 13.6 Å². The average Bonchev–Trinajstić information content (AvgIpc) is 3.03. The highest BCUT2D eigenvalue weighted by Crippen LogP contribution is 2.35. The van der Waals surface area contributed by atoms with Gasteiger partial charge in [0.05, 0.1) is 6.33 Å². The lowest BCUT2D eigenvalue weighted by atomic mass is 10.5. The van der Waals surface area contributed by atoms with Crippen LogP contribution in [0.5, 0.6) is 0 Å². The molecule has 10 nitrogen and oxygen atoms in total. The molecule has 22 heavy (non-hydrogen) atoms. The Morgan fingerprint density at radius 2 is 2.14 bits per heavy atom. The Morgan fingerprint density at radius 3 is 2.82 bits per heavy atom. The zero-order valence-corrected chi connectivity index (χ0v) is 12.6. The first-order chi connectivity index (χ1) is 10.5. The fraction of sp³-hybridized carbons (Fsp3) is 0.273. The lowest BCUT2D eigenvalue weighted by Crippen LogP contribution is -2.01. The van der Waals surface area contributed by atoms with Crippen molar-refractivity contribution in [2.24, 2.45) is 7.05 Å². The monoisotopic (exact) mass is 320 g/mol. The predicted molar refractivity (Wildman–Crippen MR) is 79.4 cm³/mol. The third kappa shape index (κ3) is 2.24. The van der Waals surface area contributed by atoms with E-state index in [1.165, 1.54) is 6.33 Å². The molecule has 0 saturated heterocycles. The molecule has 0 bridgehead atoms. The molecule has 3 aromatic rings. The minimum absolute atomic E-state index is 0.0926. The lowest BCUT2D eigenvalue weighted by Gasteiger charge is -2.04. The Balaban J connectivity index is 2.14. The summed E-state index contributed by atoms with van der Waals surface area (Å²) < 4.78 is 3.39. The summed E-state index contributed by atoms with van der Waals surface area (Å²) in [4.78, 5) is 26.9. The summed E-state index contributed by atoms with van der Waals surface area (Å²) in [6.07, 6.45) is 3.02. The van der Waals surface area contributed by atoms with E-state index in [9.17, 15) is 10.1 Å². The van der Waals surface area contributed by atoms with Gasteiger partial charge in [0, 0.05) is 13.6 Å². The molecular formula is C11H12N8O2S. The molecule has 0 unspecified atom stereocenters.